The van der Waals surface area contributed by atoms with Gasteiger partial charge in [-0.1, -0.05) is 0 Å². The van der Waals surface area contributed by atoms with Crippen LogP contribution in [0.2, 0.25) is 0 Å². The van der Waals surface area contributed by atoms with Crippen LogP contribution in [-0.2, 0) is 0 Å². The van der Waals surface area contributed by atoms with E-state index in [1.165, 1.54) is 36.1 Å². The monoisotopic (exact) mass is 288 g/mol. The smallest absolute Gasteiger partial charge is 0.197 e. The zero-order chi connectivity index (χ0) is 12.8. The van der Waals surface area contributed by atoms with Gasteiger partial charge in [0.1, 0.15) is 0 Å². The van der Waals surface area contributed by atoms with Gasteiger partial charge in [-0.25, -0.2) is 0 Å². The number of hydrogen-bond acceptors (Lipinski definition) is 7. The Morgan fingerprint density at radius 3 is 2.94 bits per heavy atom. The minimum absolute atomic E-state index is 0.485. The van der Waals surface area contributed by atoms with Gasteiger partial charge in [-0.05, 0) is 18.5 Å². The van der Waals surface area contributed by atoms with E-state index in [4.69, 9.17) is 10.5 Å². The molecule has 0 aliphatic carbocycles. The van der Waals surface area contributed by atoms with E-state index in [-0.39, 0.29) is 0 Å². The van der Waals surface area contributed by atoms with Crippen LogP contribution in [0.5, 0.6) is 5.75 Å². The van der Waals surface area contributed by atoms with Crippen LogP contribution in [0.3, 0.4) is 0 Å². The van der Waals surface area contributed by atoms with Crippen molar-refractivity contribution >= 4 is 34.1 Å². The largest absolute Gasteiger partial charge is 0.487 e. The number of aromatic nitrogens is 1. The highest BCUT2D eigenvalue weighted by atomic mass is 32.2. The van der Waals surface area contributed by atoms with Gasteiger partial charge < -0.3 is 15.8 Å². The maximum atomic E-state index is 5.76. The van der Waals surface area contributed by atoms with E-state index in [9.17, 15) is 0 Å². The lowest BCUT2D eigenvalue weighted by Gasteiger charge is -2.26. The average Bonchev–Trinajstić information content (AvgIpc) is 2.73. The minimum atomic E-state index is 0.485. The number of hydrogen-bond donors (Lipinski definition) is 2. The molecule has 0 unspecified atom stereocenters. The van der Waals surface area contributed by atoms with Crippen molar-refractivity contribution in [2.24, 2.45) is 0 Å². The van der Waals surface area contributed by atoms with E-state index in [2.05, 4.69) is 14.6 Å². The number of rotatable bonds is 6. The van der Waals surface area contributed by atoms with Crippen LogP contribution in [0, 0.1) is 0 Å². The highest BCUT2D eigenvalue weighted by Gasteiger charge is 2.13. The third-order valence-electron chi connectivity index (χ3n) is 2.78. The predicted octanol–water partition coefficient (Wildman–Crippen LogP) is 1.58. The number of anilines is 2. The molecule has 2 heterocycles. The summed E-state index contributed by atoms with van der Waals surface area (Å²) in [6, 6.07) is 0. The van der Waals surface area contributed by atoms with Crippen molar-refractivity contribution in [2.45, 2.75) is 6.92 Å². The van der Waals surface area contributed by atoms with Crippen LogP contribution < -0.4 is 15.8 Å². The normalized spacial score (nSPS) is 16.7. The van der Waals surface area contributed by atoms with Crippen LogP contribution >= 0.6 is 23.3 Å². The fourth-order valence-corrected chi connectivity index (χ4v) is 3.51. The molecular formula is C11H20N4OS2. The molecule has 1 fully saturated rings. The summed E-state index contributed by atoms with van der Waals surface area (Å²) in [5.74, 6) is 3.69. The number of nitrogens with zero attached hydrogens (tertiary/aromatic N) is 2. The van der Waals surface area contributed by atoms with Crippen molar-refractivity contribution in [1.29, 1.82) is 0 Å². The van der Waals surface area contributed by atoms with Gasteiger partial charge in [0.15, 0.2) is 16.6 Å². The molecule has 102 valence electrons. The van der Waals surface area contributed by atoms with Crippen LogP contribution in [0.25, 0.3) is 0 Å². The van der Waals surface area contributed by atoms with Gasteiger partial charge in [0.2, 0.25) is 0 Å². The van der Waals surface area contributed by atoms with Crippen molar-refractivity contribution in [1.82, 2.24) is 9.27 Å². The maximum Gasteiger partial charge on any atom is 0.197 e. The lowest BCUT2D eigenvalue weighted by atomic mass is 10.4. The molecule has 1 saturated heterocycles. The lowest BCUT2D eigenvalue weighted by Crippen LogP contribution is -2.36. The van der Waals surface area contributed by atoms with Gasteiger partial charge in [-0.15, -0.1) is 0 Å². The molecule has 3 N–H and O–H groups in total. The molecule has 7 heteroatoms. The molecule has 5 nitrogen and oxygen atoms in total. The van der Waals surface area contributed by atoms with Gasteiger partial charge in [-0.2, -0.15) is 16.1 Å². The van der Waals surface area contributed by atoms with Gasteiger partial charge in [0.25, 0.3) is 0 Å². The number of nitrogen functional groups attached to an aromatic ring is 1. The first-order chi connectivity index (χ1) is 8.81. The second-order valence-corrected chi connectivity index (χ2v) is 6.04. The lowest BCUT2D eigenvalue weighted by molar-refractivity contribution is 0.314. The highest BCUT2D eigenvalue weighted by Crippen LogP contribution is 2.34. The van der Waals surface area contributed by atoms with Crippen molar-refractivity contribution in [3.63, 3.8) is 0 Å². The zero-order valence-corrected chi connectivity index (χ0v) is 12.3. The molecule has 18 heavy (non-hydrogen) atoms. The fraction of sp³-hybridized carbons (Fsp3) is 0.727. The maximum absolute atomic E-state index is 5.76. The molecule has 0 bridgehead atoms. The first-order valence-corrected chi connectivity index (χ1v) is 8.16. The Bertz CT molecular complexity index is 366. The van der Waals surface area contributed by atoms with Crippen LogP contribution in [-0.4, -0.2) is 53.6 Å². The molecule has 0 spiro atoms. The summed E-state index contributed by atoms with van der Waals surface area (Å²) < 4.78 is 9.61. The Balaban J connectivity index is 1.78. The molecular weight excluding hydrogens is 268 g/mol. The molecule has 0 saturated carbocycles. The zero-order valence-electron chi connectivity index (χ0n) is 10.6. The molecule has 0 amide bonds. The SMILES string of the molecule is CCOc1c(N)nsc1NCCN1CCSCC1. The molecule has 0 aromatic carbocycles. The van der Waals surface area contributed by atoms with E-state index in [0.717, 1.165) is 18.1 Å². The second-order valence-electron chi connectivity index (χ2n) is 4.04. The quantitative estimate of drug-likeness (QED) is 0.829. The second kappa shape index (κ2) is 7.06. The molecule has 1 aromatic rings. The summed E-state index contributed by atoms with van der Waals surface area (Å²) in [4.78, 5) is 2.48. The summed E-state index contributed by atoms with van der Waals surface area (Å²) in [5.41, 5.74) is 5.76. The Hall–Kier alpha value is -0.660. The Labute approximate surface area is 116 Å². The topological polar surface area (TPSA) is 63.4 Å². The highest BCUT2D eigenvalue weighted by molar-refractivity contribution is 7.99. The Morgan fingerprint density at radius 2 is 2.22 bits per heavy atom. The summed E-state index contributed by atoms with van der Waals surface area (Å²) in [5, 5.41) is 4.31. The van der Waals surface area contributed by atoms with E-state index >= 15 is 0 Å². The van der Waals surface area contributed by atoms with Crippen LogP contribution in [0.15, 0.2) is 0 Å². The number of nitrogens with two attached hydrogens (primary N) is 1. The number of ether oxygens (including phenoxy) is 1. The molecule has 1 aromatic heterocycles. The first kappa shape index (κ1) is 13.8. The van der Waals surface area contributed by atoms with Gasteiger partial charge in [0, 0.05) is 37.7 Å². The minimum Gasteiger partial charge on any atom is -0.487 e. The number of nitrogens with one attached hydrogen (secondary N) is 1. The summed E-state index contributed by atoms with van der Waals surface area (Å²) in [6.45, 7) is 6.91. The van der Waals surface area contributed by atoms with E-state index < -0.39 is 0 Å². The molecule has 1 aliphatic heterocycles. The third-order valence-corrected chi connectivity index (χ3v) is 4.52. The molecule has 0 radical (unpaired) electrons. The van der Waals surface area contributed by atoms with Crippen LogP contribution in [0.1, 0.15) is 6.92 Å². The average molecular weight is 288 g/mol. The van der Waals surface area contributed by atoms with Crippen molar-refractivity contribution < 1.29 is 4.74 Å². The fourth-order valence-electron chi connectivity index (χ4n) is 1.84. The summed E-state index contributed by atoms with van der Waals surface area (Å²) in [6.07, 6.45) is 0. The number of thioether (sulfide) groups is 1. The molecule has 1 aliphatic rings. The van der Waals surface area contributed by atoms with Crippen LogP contribution in [0.4, 0.5) is 10.8 Å². The van der Waals surface area contributed by atoms with E-state index in [1.54, 1.807) is 0 Å². The van der Waals surface area contributed by atoms with Gasteiger partial charge in [0.05, 0.1) is 6.61 Å². The van der Waals surface area contributed by atoms with E-state index in [0.29, 0.717) is 18.2 Å². The molecule has 2 rings (SSSR count). The van der Waals surface area contributed by atoms with E-state index in [1.807, 2.05) is 18.7 Å². The summed E-state index contributed by atoms with van der Waals surface area (Å²) in [7, 11) is 0. The van der Waals surface area contributed by atoms with Crippen molar-refractivity contribution in [3.05, 3.63) is 0 Å². The van der Waals surface area contributed by atoms with Crippen molar-refractivity contribution in [2.75, 3.05) is 55.3 Å². The molecule has 0 atom stereocenters. The summed E-state index contributed by atoms with van der Waals surface area (Å²) >= 11 is 3.40. The van der Waals surface area contributed by atoms with Crippen molar-refractivity contribution in [3.8, 4) is 5.75 Å². The predicted molar refractivity (Wildman–Crippen MR) is 80.0 cm³/mol. The standard InChI is InChI=1S/C11H20N4OS2/c1-2-16-9-10(12)14-18-11(9)13-3-4-15-5-7-17-8-6-15/h13H,2-8H2,1H3,(H2,12,14). The third kappa shape index (κ3) is 3.66. The Kier molecular flexibility index (Phi) is 5.40. The van der Waals surface area contributed by atoms with Gasteiger partial charge in [-0.3, -0.25) is 4.90 Å². The Morgan fingerprint density at radius 1 is 1.44 bits per heavy atom. The van der Waals surface area contributed by atoms with Gasteiger partial charge >= 0.3 is 0 Å². The first-order valence-electron chi connectivity index (χ1n) is 6.23.